The van der Waals surface area contributed by atoms with Crippen molar-refractivity contribution in [2.75, 3.05) is 0 Å². The molecular weight excluding hydrogens is 235 g/mol. The molecule has 0 bridgehead atoms. The van der Waals surface area contributed by atoms with Crippen LogP contribution in [0.25, 0.3) is 0 Å². The second kappa shape index (κ2) is 3.36. The average Bonchev–Trinajstić information content (AvgIpc) is 1.94. The minimum Gasteiger partial charge on any atom is -0.506 e. The van der Waals surface area contributed by atoms with Gasteiger partial charge in [0.15, 0.2) is 0 Å². The standard InChI is InChI=1S/C7H6Cl2O3S/c1-4-2-5(8)6(10)3-7(4)13(9,11)12/h2-3,10H,1H3. The van der Waals surface area contributed by atoms with Crippen LogP contribution in [0.2, 0.25) is 5.02 Å². The van der Waals surface area contributed by atoms with E-state index >= 15 is 0 Å². The van der Waals surface area contributed by atoms with Crippen molar-refractivity contribution >= 4 is 31.3 Å². The first-order valence-electron chi connectivity index (χ1n) is 3.26. The van der Waals surface area contributed by atoms with Gasteiger partial charge in [-0.15, -0.1) is 0 Å². The van der Waals surface area contributed by atoms with Crippen molar-refractivity contribution in [2.24, 2.45) is 0 Å². The van der Waals surface area contributed by atoms with Gasteiger partial charge in [0.25, 0.3) is 9.05 Å². The van der Waals surface area contributed by atoms with Gasteiger partial charge in [-0.05, 0) is 18.6 Å². The Morgan fingerprint density at radius 3 is 2.38 bits per heavy atom. The average molecular weight is 241 g/mol. The van der Waals surface area contributed by atoms with Crippen LogP contribution in [-0.4, -0.2) is 13.5 Å². The topological polar surface area (TPSA) is 54.4 Å². The van der Waals surface area contributed by atoms with Crippen LogP contribution in [0, 0.1) is 6.92 Å². The fourth-order valence-corrected chi connectivity index (χ4v) is 2.32. The summed E-state index contributed by atoms with van der Waals surface area (Å²) in [5, 5.41) is 9.23. The van der Waals surface area contributed by atoms with Crippen LogP contribution in [0.3, 0.4) is 0 Å². The Labute approximate surface area is 85.3 Å². The zero-order valence-electron chi connectivity index (χ0n) is 6.58. The van der Waals surface area contributed by atoms with Crippen LogP contribution in [0.5, 0.6) is 5.75 Å². The van der Waals surface area contributed by atoms with E-state index in [1.54, 1.807) is 6.92 Å². The molecule has 1 N–H and O–H groups in total. The van der Waals surface area contributed by atoms with Crippen LogP contribution in [-0.2, 0) is 9.05 Å². The number of aryl methyl sites for hydroxylation is 1. The lowest BCUT2D eigenvalue weighted by molar-refractivity contribution is 0.473. The highest BCUT2D eigenvalue weighted by atomic mass is 35.7. The van der Waals surface area contributed by atoms with Crippen LogP contribution in [0.1, 0.15) is 5.56 Å². The number of hydrogen-bond acceptors (Lipinski definition) is 3. The second-order valence-electron chi connectivity index (χ2n) is 2.51. The highest BCUT2D eigenvalue weighted by Crippen LogP contribution is 2.30. The number of hydrogen-bond donors (Lipinski definition) is 1. The lowest BCUT2D eigenvalue weighted by Crippen LogP contribution is -1.94. The maximum absolute atomic E-state index is 10.9. The number of benzene rings is 1. The van der Waals surface area contributed by atoms with E-state index in [-0.39, 0.29) is 15.7 Å². The van der Waals surface area contributed by atoms with Gasteiger partial charge in [0.2, 0.25) is 0 Å². The molecule has 0 saturated carbocycles. The summed E-state index contributed by atoms with van der Waals surface area (Å²) in [6.45, 7) is 1.54. The molecule has 6 heteroatoms. The van der Waals surface area contributed by atoms with E-state index in [0.29, 0.717) is 5.56 Å². The Kier molecular flexibility index (Phi) is 2.75. The van der Waals surface area contributed by atoms with E-state index in [4.69, 9.17) is 27.4 Å². The van der Waals surface area contributed by atoms with Crippen LogP contribution >= 0.6 is 22.3 Å². The van der Waals surface area contributed by atoms with Gasteiger partial charge in [-0.1, -0.05) is 11.6 Å². The molecule has 3 nitrogen and oxygen atoms in total. The van der Waals surface area contributed by atoms with E-state index in [0.717, 1.165) is 6.07 Å². The quantitative estimate of drug-likeness (QED) is 0.767. The van der Waals surface area contributed by atoms with Crippen molar-refractivity contribution in [3.8, 4) is 5.75 Å². The summed E-state index contributed by atoms with van der Waals surface area (Å²) in [6, 6.07) is 2.37. The predicted octanol–water partition coefficient (Wildman–Crippen LogP) is 2.28. The molecule has 0 radical (unpaired) electrons. The van der Waals surface area contributed by atoms with Crippen LogP contribution in [0.15, 0.2) is 17.0 Å². The summed E-state index contributed by atoms with van der Waals surface area (Å²) in [4.78, 5) is -0.129. The maximum Gasteiger partial charge on any atom is 0.261 e. The Morgan fingerprint density at radius 2 is 1.92 bits per heavy atom. The number of phenols is 1. The van der Waals surface area contributed by atoms with E-state index in [1.807, 2.05) is 0 Å². The summed E-state index contributed by atoms with van der Waals surface area (Å²) in [6.07, 6.45) is 0. The summed E-state index contributed by atoms with van der Waals surface area (Å²) < 4.78 is 21.9. The van der Waals surface area contributed by atoms with Crippen LogP contribution < -0.4 is 0 Å². The van der Waals surface area contributed by atoms with Crippen molar-refractivity contribution in [3.05, 3.63) is 22.7 Å². The van der Waals surface area contributed by atoms with Gasteiger partial charge in [0.1, 0.15) is 5.75 Å². The Hall–Kier alpha value is -0.450. The third kappa shape index (κ3) is 2.27. The van der Waals surface area contributed by atoms with Crippen molar-refractivity contribution in [1.29, 1.82) is 0 Å². The first kappa shape index (κ1) is 10.6. The molecule has 0 amide bonds. The van der Waals surface area contributed by atoms with Gasteiger partial charge in [0, 0.05) is 16.7 Å². The normalized spacial score (nSPS) is 11.6. The zero-order valence-corrected chi connectivity index (χ0v) is 8.91. The predicted molar refractivity (Wildman–Crippen MR) is 50.9 cm³/mol. The first-order valence-corrected chi connectivity index (χ1v) is 5.95. The van der Waals surface area contributed by atoms with Crippen LogP contribution in [0.4, 0.5) is 0 Å². The monoisotopic (exact) mass is 240 g/mol. The molecule has 1 aromatic carbocycles. The number of rotatable bonds is 1. The number of aromatic hydroxyl groups is 1. The lowest BCUT2D eigenvalue weighted by atomic mass is 10.2. The molecule has 1 rings (SSSR count). The number of phenolic OH excluding ortho intramolecular Hbond substituents is 1. The fourth-order valence-electron chi connectivity index (χ4n) is 0.905. The van der Waals surface area contributed by atoms with Gasteiger partial charge >= 0.3 is 0 Å². The summed E-state index contributed by atoms with van der Waals surface area (Å²) in [7, 11) is 1.29. The van der Waals surface area contributed by atoms with Gasteiger partial charge < -0.3 is 5.11 Å². The largest absolute Gasteiger partial charge is 0.506 e. The molecule has 0 heterocycles. The third-order valence-electron chi connectivity index (χ3n) is 1.51. The van der Waals surface area contributed by atoms with Gasteiger partial charge in [-0.2, -0.15) is 0 Å². The maximum atomic E-state index is 10.9. The van der Waals surface area contributed by atoms with E-state index in [1.165, 1.54) is 6.07 Å². The van der Waals surface area contributed by atoms with E-state index in [9.17, 15) is 8.42 Å². The molecule has 0 aromatic heterocycles. The molecule has 0 aliphatic carbocycles. The zero-order chi connectivity index (χ0) is 10.2. The van der Waals surface area contributed by atoms with Crippen molar-refractivity contribution in [1.82, 2.24) is 0 Å². The highest BCUT2D eigenvalue weighted by molar-refractivity contribution is 8.13. The summed E-state index contributed by atoms with van der Waals surface area (Å²) in [5.74, 6) is -0.300. The summed E-state index contributed by atoms with van der Waals surface area (Å²) >= 11 is 5.55. The second-order valence-corrected chi connectivity index (χ2v) is 5.45. The first-order chi connectivity index (χ1) is 5.82. The Balaban J connectivity index is 3.50. The fraction of sp³-hybridized carbons (Fsp3) is 0.143. The van der Waals surface area contributed by atoms with Gasteiger partial charge in [-0.3, -0.25) is 0 Å². The molecule has 72 valence electrons. The Bertz CT molecular complexity index is 439. The molecule has 13 heavy (non-hydrogen) atoms. The molecule has 0 fully saturated rings. The van der Waals surface area contributed by atoms with E-state index < -0.39 is 9.05 Å². The molecule has 0 unspecified atom stereocenters. The Morgan fingerprint density at radius 1 is 1.38 bits per heavy atom. The SMILES string of the molecule is Cc1cc(Cl)c(O)cc1S(=O)(=O)Cl. The van der Waals surface area contributed by atoms with Gasteiger partial charge in [-0.25, -0.2) is 8.42 Å². The number of halogens is 2. The molecular formula is C7H6Cl2O3S. The minimum absolute atomic E-state index is 0.0987. The van der Waals surface area contributed by atoms with E-state index in [2.05, 4.69) is 0 Å². The molecule has 0 aliphatic rings. The van der Waals surface area contributed by atoms with Gasteiger partial charge in [0.05, 0.1) is 9.92 Å². The molecule has 1 aromatic rings. The molecule has 0 saturated heterocycles. The third-order valence-corrected chi connectivity index (χ3v) is 3.27. The molecule has 0 aliphatic heterocycles. The minimum atomic E-state index is -3.82. The molecule has 0 atom stereocenters. The molecule has 0 spiro atoms. The smallest absolute Gasteiger partial charge is 0.261 e. The van der Waals surface area contributed by atoms with Crippen molar-refractivity contribution in [3.63, 3.8) is 0 Å². The lowest BCUT2D eigenvalue weighted by Gasteiger charge is -2.03. The highest BCUT2D eigenvalue weighted by Gasteiger charge is 2.15. The summed E-state index contributed by atoms with van der Waals surface area (Å²) in [5.41, 5.74) is 0.401. The van der Waals surface area contributed by atoms with Crippen molar-refractivity contribution in [2.45, 2.75) is 11.8 Å². The van der Waals surface area contributed by atoms with Crippen molar-refractivity contribution < 1.29 is 13.5 Å².